The Hall–Kier alpha value is -0.120. The normalized spacial score (nSPS) is 13.4. The molecule has 0 aromatic carbocycles. The highest BCUT2D eigenvalue weighted by Gasteiger charge is 2.14. The highest BCUT2D eigenvalue weighted by atomic mass is 16.3. The van der Waals surface area contributed by atoms with Gasteiger partial charge in [-0.05, 0) is 39.5 Å². The second kappa shape index (κ2) is 15.4. The topological polar surface area (TPSA) is 60.7 Å². The second-order valence-corrected chi connectivity index (χ2v) is 7.76. The van der Waals surface area contributed by atoms with E-state index >= 15 is 0 Å². The molecule has 0 saturated heterocycles. The summed E-state index contributed by atoms with van der Waals surface area (Å²) in [6.45, 7) is 3.94. The Bertz CT molecular complexity index is 236. The fraction of sp³-hybridized carbons (Fsp3) is 1.00. The molecule has 0 amide bonds. The van der Waals surface area contributed by atoms with Crippen LogP contribution in [0.15, 0.2) is 0 Å². The summed E-state index contributed by atoms with van der Waals surface area (Å²) in [7, 11) is 0. The van der Waals surface area contributed by atoms with Crippen molar-refractivity contribution >= 4 is 0 Å². The summed E-state index contributed by atoms with van der Waals surface area (Å²) in [5, 5.41) is 28.2. The van der Waals surface area contributed by atoms with Gasteiger partial charge in [-0.15, -0.1) is 0 Å². The monoisotopic (exact) mass is 330 g/mol. The van der Waals surface area contributed by atoms with E-state index in [0.29, 0.717) is 19.4 Å². The van der Waals surface area contributed by atoms with Crippen LogP contribution in [0, 0.1) is 0 Å². The molecule has 23 heavy (non-hydrogen) atoms. The van der Waals surface area contributed by atoms with Gasteiger partial charge >= 0.3 is 0 Å². The SMILES string of the molecule is CC(C)(O)CCC(O)CCCCCCCCCCCCCCO. The van der Waals surface area contributed by atoms with Crippen LogP contribution in [0.1, 0.15) is 110 Å². The Morgan fingerprint density at radius 2 is 1.04 bits per heavy atom. The predicted molar refractivity (Wildman–Crippen MR) is 98.6 cm³/mol. The van der Waals surface area contributed by atoms with Gasteiger partial charge in [-0.25, -0.2) is 0 Å². The molecule has 0 spiro atoms. The van der Waals surface area contributed by atoms with E-state index in [4.69, 9.17) is 5.11 Å². The van der Waals surface area contributed by atoms with Crippen molar-refractivity contribution in [2.24, 2.45) is 0 Å². The molecular weight excluding hydrogens is 288 g/mol. The summed E-state index contributed by atoms with van der Waals surface area (Å²) >= 11 is 0. The van der Waals surface area contributed by atoms with E-state index in [0.717, 1.165) is 19.3 Å². The van der Waals surface area contributed by atoms with Crippen LogP contribution < -0.4 is 0 Å². The summed E-state index contributed by atoms with van der Waals surface area (Å²) in [4.78, 5) is 0. The number of unbranched alkanes of at least 4 members (excludes halogenated alkanes) is 11. The minimum Gasteiger partial charge on any atom is -0.396 e. The van der Waals surface area contributed by atoms with Crippen molar-refractivity contribution < 1.29 is 15.3 Å². The molecule has 0 rings (SSSR count). The van der Waals surface area contributed by atoms with E-state index in [1.54, 1.807) is 13.8 Å². The molecule has 0 radical (unpaired) electrons. The van der Waals surface area contributed by atoms with Crippen molar-refractivity contribution in [3.63, 3.8) is 0 Å². The lowest BCUT2D eigenvalue weighted by atomic mass is 9.97. The molecule has 0 fully saturated rings. The smallest absolute Gasteiger partial charge is 0.0592 e. The lowest BCUT2D eigenvalue weighted by Crippen LogP contribution is -2.21. The molecule has 0 heterocycles. The zero-order chi connectivity index (χ0) is 17.4. The first-order chi connectivity index (χ1) is 11.0. The Labute approximate surface area is 144 Å². The molecule has 3 nitrogen and oxygen atoms in total. The third-order valence-corrected chi connectivity index (χ3v) is 4.53. The van der Waals surface area contributed by atoms with Gasteiger partial charge in [0.1, 0.15) is 0 Å². The molecule has 0 aliphatic carbocycles. The Kier molecular flexibility index (Phi) is 15.3. The Morgan fingerprint density at radius 1 is 0.652 bits per heavy atom. The highest BCUT2D eigenvalue weighted by Crippen LogP contribution is 2.17. The van der Waals surface area contributed by atoms with Gasteiger partial charge in [0.25, 0.3) is 0 Å². The van der Waals surface area contributed by atoms with Gasteiger partial charge in [0, 0.05) is 6.61 Å². The van der Waals surface area contributed by atoms with Crippen LogP contribution >= 0.6 is 0 Å². The van der Waals surface area contributed by atoms with Gasteiger partial charge in [0.05, 0.1) is 11.7 Å². The Balaban J connectivity index is 3.15. The van der Waals surface area contributed by atoms with Crippen LogP contribution in [-0.2, 0) is 0 Å². The molecular formula is C20H42O3. The minimum atomic E-state index is -0.653. The largest absolute Gasteiger partial charge is 0.396 e. The minimum absolute atomic E-state index is 0.243. The molecule has 140 valence electrons. The standard InChI is InChI=1S/C20H42O3/c1-20(2,23)17-16-19(22)15-13-11-9-7-5-3-4-6-8-10-12-14-18-21/h19,21-23H,3-18H2,1-2H3. The van der Waals surface area contributed by atoms with Crippen LogP contribution in [0.2, 0.25) is 0 Å². The molecule has 0 aliphatic heterocycles. The third-order valence-electron chi connectivity index (χ3n) is 4.53. The van der Waals surface area contributed by atoms with E-state index in [1.165, 1.54) is 64.2 Å². The van der Waals surface area contributed by atoms with Crippen molar-refractivity contribution in [1.29, 1.82) is 0 Å². The van der Waals surface area contributed by atoms with Gasteiger partial charge in [-0.3, -0.25) is 0 Å². The fourth-order valence-electron chi connectivity index (χ4n) is 2.92. The summed E-state index contributed by atoms with van der Waals surface area (Å²) < 4.78 is 0. The van der Waals surface area contributed by atoms with Crippen molar-refractivity contribution in [2.75, 3.05) is 6.61 Å². The highest BCUT2D eigenvalue weighted by molar-refractivity contribution is 4.68. The second-order valence-electron chi connectivity index (χ2n) is 7.76. The number of aliphatic hydroxyl groups is 3. The van der Waals surface area contributed by atoms with Crippen molar-refractivity contribution in [1.82, 2.24) is 0 Å². The first-order valence-electron chi connectivity index (χ1n) is 9.97. The molecule has 0 aromatic rings. The van der Waals surface area contributed by atoms with Crippen LogP contribution in [0.5, 0.6) is 0 Å². The van der Waals surface area contributed by atoms with Gasteiger partial charge < -0.3 is 15.3 Å². The first kappa shape index (κ1) is 22.9. The van der Waals surface area contributed by atoms with Crippen molar-refractivity contribution in [3.8, 4) is 0 Å². The van der Waals surface area contributed by atoms with E-state index in [-0.39, 0.29) is 6.10 Å². The predicted octanol–water partition coefficient (Wildman–Crippen LogP) is 4.96. The summed E-state index contributed by atoms with van der Waals surface area (Å²) in [6.07, 6.45) is 17.1. The maximum Gasteiger partial charge on any atom is 0.0592 e. The molecule has 0 aromatic heterocycles. The average molecular weight is 331 g/mol. The van der Waals surface area contributed by atoms with Gasteiger partial charge in [-0.1, -0.05) is 70.6 Å². The lowest BCUT2D eigenvalue weighted by Gasteiger charge is -2.19. The number of aliphatic hydroxyl groups excluding tert-OH is 2. The first-order valence-corrected chi connectivity index (χ1v) is 9.97. The Morgan fingerprint density at radius 3 is 1.43 bits per heavy atom. The van der Waals surface area contributed by atoms with E-state index < -0.39 is 5.60 Å². The van der Waals surface area contributed by atoms with E-state index in [2.05, 4.69) is 0 Å². The quantitative estimate of drug-likeness (QED) is 0.330. The van der Waals surface area contributed by atoms with Crippen LogP contribution in [-0.4, -0.2) is 33.6 Å². The van der Waals surface area contributed by atoms with Crippen LogP contribution in [0.3, 0.4) is 0 Å². The van der Waals surface area contributed by atoms with Gasteiger partial charge in [0.2, 0.25) is 0 Å². The summed E-state index contributed by atoms with van der Waals surface area (Å²) in [6, 6.07) is 0. The van der Waals surface area contributed by atoms with E-state index in [9.17, 15) is 10.2 Å². The molecule has 1 atom stereocenters. The van der Waals surface area contributed by atoms with Gasteiger partial charge in [0.15, 0.2) is 0 Å². The molecule has 1 unspecified atom stereocenters. The summed E-state index contributed by atoms with van der Waals surface area (Å²) in [5.41, 5.74) is -0.653. The fourth-order valence-corrected chi connectivity index (χ4v) is 2.92. The molecule has 3 N–H and O–H groups in total. The molecule has 0 bridgehead atoms. The van der Waals surface area contributed by atoms with Crippen molar-refractivity contribution in [3.05, 3.63) is 0 Å². The average Bonchev–Trinajstić information content (AvgIpc) is 2.49. The number of rotatable bonds is 17. The lowest BCUT2D eigenvalue weighted by molar-refractivity contribution is 0.0465. The maximum atomic E-state index is 9.86. The molecule has 0 aliphatic rings. The number of hydrogen-bond acceptors (Lipinski definition) is 3. The van der Waals surface area contributed by atoms with Crippen molar-refractivity contribution in [2.45, 2.75) is 122 Å². The third kappa shape index (κ3) is 19.8. The van der Waals surface area contributed by atoms with Crippen LogP contribution in [0.4, 0.5) is 0 Å². The maximum absolute atomic E-state index is 9.86. The molecule has 3 heteroatoms. The van der Waals surface area contributed by atoms with E-state index in [1.807, 2.05) is 0 Å². The zero-order valence-corrected chi connectivity index (χ0v) is 15.7. The molecule has 0 saturated carbocycles. The summed E-state index contributed by atoms with van der Waals surface area (Å²) in [5.74, 6) is 0. The van der Waals surface area contributed by atoms with Gasteiger partial charge in [-0.2, -0.15) is 0 Å². The van der Waals surface area contributed by atoms with Crippen LogP contribution in [0.25, 0.3) is 0 Å². The zero-order valence-electron chi connectivity index (χ0n) is 15.7. The number of hydrogen-bond donors (Lipinski definition) is 3.